The van der Waals surface area contributed by atoms with E-state index in [1.807, 2.05) is 32.9 Å². The van der Waals surface area contributed by atoms with Gasteiger partial charge in [-0.25, -0.2) is 4.98 Å². The van der Waals surface area contributed by atoms with E-state index in [-0.39, 0.29) is 36.6 Å². The molecule has 0 saturated carbocycles. The molecule has 8 nitrogen and oxygen atoms in total. The number of nitrogens with zero attached hydrogens (tertiary/aromatic N) is 3. The highest BCUT2D eigenvalue weighted by Gasteiger charge is 2.21. The quantitative estimate of drug-likeness (QED) is 0.657. The fraction of sp³-hybridized carbons (Fsp3) is 0.478. The second kappa shape index (κ2) is 11.2. The van der Waals surface area contributed by atoms with Gasteiger partial charge in [0.05, 0.1) is 25.3 Å². The van der Waals surface area contributed by atoms with E-state index in [4.69, 9.17) is 4.74 Å². The Morgan fingerprint density at radius 3 is 2.53 bits per heavy atom. The van der Waals surface area contributed by atoms with Crippen LogP contribution in [0.25, 0.3) is 0 Å². The Hall–Kier alpha value is -2.78. The predicted molar refractivity (Wildman–Crippen MR) is 124 cm³/mol. The van der Waals surface area contributed by atoms with Crippen molar-refractivity contribution >= 4 is 34.2 Å². The zero-order valence-corrected chi connectivity index (χ0v) is 19.6. The second-order valence-corrected chi connectivity index (χ2v) is 9.17. The van der Waals surface area contributed by atoms with Crippen molar-refractivity contribution in [1.82, 2.24) is 14.8 Å². The molecule has 0 spiro atoms. The van der Waals surface area contributed by atoms with Crippen LogP contribution in [0, 0.1) is 12.8 Å². The SMILES string of the molecule is Cc1ccc(C(=O)N(CC(=O)Nc2nc(CC(=O)N3CCOCC3)cs2)CC(C)C)cc1. The smallest absolute Gasteiger partial charge is 0.254 e. The number of aryl methyl sites for hydroxylation is 1. The Labute approximate surface area is 192 Å². The highest BCUT2D eigenvalue weighted by atomic mass is 32.1. The highest BCUT2D eigenvalue weighted by molar-refractivity contribution is 7.13. The van der Waals surface area contributed by atoms with Gasteiger partial charge in [0.1, 0.15) is 6.54 Å². The molecule has 2 heterocycles. The number of benzene rings is 1. The van der Waals surface area contributed by atoms with Gasteiger partial charge >= 0.3 is 0 Å². The zero-order chi connectivity index (χ0) is 23.1. The van der Waals surface area contributed by atoms with Crippen molar-refractivity contribution in [2.24, 2.45) is 5.92 Å². The molecule has 9 heteroatoms. The van der Waals surface area contributed by atoms with Crippen molar-refractivity contribution in [2.75, 3.05) is 44.7 Å². The first-order chi connectivity index (χ1) is 15.3. The molecule has 172 valence electrons. The van der Waals surface area contributed by atoms with Crippen LogP contribution in [0.15, 0.2) is 29.6 Å². The Kier molecular flexibility index (Phi) is 8.35. The first kappa shape index (κ1) is 23.9. The van der Waals surface area contributed by atoms with Crippen LogP contribution in [0.3, 0.4) is 0 Å². The third-order valence-corrected chi connectivity index (χ3v) is 5.81. The minimum atomic E-state index is -0.313. The van der Waals surface area contributed by atoms with Crippen molar-refractivity contribution in [1.29, 1.82) is 0 Å². The minimum Gasteiger partial charge on any atom is -0.378 e. The highest BCUT2D eigenvalue weighted by Crippen LogP contribution is 2.17. The number of anilines is 1. The molecule has 0 bridgehead atoms. The van der Waals surface area contributed by atoms with E-state index in [0.717, 1.165) is 5.56 Å². The Balaban J connectivity index is 1.58. The average molecular weight is 459 g/mol. The lowest BCUT2D eigenvalue weighted by Crippen LogP contribution is -2.41. The fourth-order valence-corrected chi connectivity index (χ4v) is 4.12. The Bertz CT molecular complexity index is 936. The number of hydrogen-bond donors (Lipinski definition) is 1. The van der Waals surface area contributed by atoms with E-state index in [0.29, 0.717) is 49.2 Å². The van der Waals surface area contributed by atoms with E-state index in [9.17, 15) is 14.4 Å². The number of amides is 3. The van der Waals surface area contributed by atoms with Gasteiger partial charge in [0, 0.05) is 30.6 Å². The summed E-state index contributed by atoms with van der Waals surface area (Å²) in [4.78, 5) is 45.7. The molecular formula is C23H30N4O4S. The molecule has 0 unspecified atom stereocenters. The van der Waals surface area contributed by atoms with Gasteiger partial charge in [-0.15, -0.1) is 11.3 Å². The van der Waals surface area contributed by atoms with Crippen LogP contribution < -0.4 is 5.32 Å². The van der Waals surface area contributed by atoms with Crippen molar-refractivity contribution in [3.05, 3.63) is 46.5 Å². The normalized spacial score (nSPS) is 13.8. The van der Waals surface area contributed by atoms with Crippen molar-refractivity contribution in [3.63, 3.8) is 0 Å². The van der Waals surface area contributed by atoms with Crippen molar-refractivity contribution < 1.29 is 19.1 Å². The summed E-state index contributed by atoms with van der Waals surface area (Å²) in [6.45, 7) is 8.67. The van der Waals surface area contributed by atoms with Crippen molar-refractivity contribution in [3.8, 4) is 0 Å². The molecule has 1 fully saturated rings. The number of hydrogen-bond acceptors (Lipinski definition) is 6. The summed E-state index contributed by atoms with van der Waals surface area (Å²) in [6.07, 6.45) is 0.192. The van der Waals surface area contributed by atoms with Crippen LogP contribution in [0.4, 0.5) is 5.13 Å². The van der Waals surface area contributed by atoms with Gasteiger partial charge in [0.25, 0.3) is 5.91 Å². The maximum Gasteiger partial charge on any atom is 0.254 e. The number of ether oxygens (including phenoxy) is 1. The molecule has 32 heavy (non-hydrogen) atoms. The van der Waals surface area contributed by atoms with Gasteiger partial charge in [-0.1, -0.05) is 31.5 Å². The van der Waals surface area contributed by atoms with E-state index < -0.39 is 0 Å². The number of rotatable bonds is 8. The van der Waals surface area contributed by atoms with Gasteiger partial charge in [-0.05, 0) is 25.0 Å². The van der Waals surface area contributed by atoms with Crippen LogP contribution in [0.5, 0.6) is 0 Å². The van der Waals surface area contributed by atoms with Gasteiger partial charge in [0.15, 0.2) is 5.13 Å². The number of nitrogens with one attached hydrogen (secondary N) is 1. The van der Waals surface area contributed by atoms with E-state index in [2.05, 4.69) is 10.3 Å². The summed E-state index contributed by atoms with van der Waals surface area (Å²) in [5.74, 6) is -0.269. The zero-order valence-electron chi connectivity index (χ0n) is 18.8. The molecule has 3 amide bonds. The number of aromatic nitrogens is 1. The Morgan fingerprint density at radius 1 is 1.19 bits per heavy atom. The van der Waals surface area contributed by atoms with Crippen LogP contribution in [-0.4, -0.2) is 71.9 Å². The lowest BCUT2D eigenvalue weighted by atomic mass is 10.1. The maximum absolute atomic E-state index is 12.9. The molecule has 3 rings (SSSR count). The number of morpholine rings is 1. The average Bonchev–Trinajstić information content (AvgIpc) is 3.20. The number of thiazole rings is 1. The van der Waals surface area contributed by atoms with E-state index >= 15 is 0 Å². The largest absolute Gasteiger partial charge is 0.378 e. The number of carbonyl (C=O) groups is 3. The topological polar surface area (TPSA) is 91.8 Å². The predicted octanol–water partition coefficient (Wildman–Crippen LogP) is 2.59. The summed E-state index contributed by atoms with van der Waals surface area (Å²) in [5, 5.41) is 4.96. The monoisotopic (exact) mass is 458 g/mol. The molecule has 0 atom stereocenters. The van der Waals surface area contributed by atoms with Gasteiger partial charge < -0.3 is 19.9 Å². The summed E-state index contributed by atoms with van der Waals surface area (Å²) in [7, 11) is 0. The molecule has 0 aliphatic carbocycles. The standard InChI is InChI=1S/C23H30N4O4S/c1-16(2)13-27(22(30)18-6-4-17(3)5-7-18)14-20(28)25-23-24-19(15-32-23)12-21(29)26-8-10-31-11-9-26/h4-7,15-16H,8-14H2,1-3H3,(H,24,25,28). The summed E-state index contributed by atoms with van der Waals surface area (Å²) in [6, 6.07) is 7.33. The van der Waals surface area contributed by atoms with Crippen LogP contribution >= 0.6 is 11.3 Å². The lowest BCUT2D eigenvalue weighted by molar-refractivity contribution is -0.134. The summed E-state index contributed by atoms with van der Waals surface area (Å²) < 4.78 is 5.27. The minimum absolute atomic E-state index is 0.00304. The van der Waals surface area contributed by atoms with Crippen LogP contribution in [0.2, 0.25) is 0 Å². The third kappa shape index (κ3) is 6.86. The van der Waals surface area contributed by atoms with Crippen LogP contribution in [0.1, 0.15) is 35.5 Å². The third-order valence-electron chi connectivity index (χ3n) is 5.00. The molecule has 1 aromatic carbocycles. The number of carbonyl (C=O) groups excluding carboxylic acids is 3. The molecule has 1 aromatic heterocycles. The van der Waals surface area contributed by atoms with Crippen LogP contribution in [-0.2, 0) is 20.7 Å². The van der Waals surface area contributed by atoms with E-state index in [1.165, 1.54) is 11.3 Å². The summed E-state index contributed by atoms with van der Waals surface area (Å²) in [5.41, 5.74) is 2.25. The molecule has 0 radical (unpaired) electrons. The molecule has 1 aliphatic heterocycles. The molecule has 2 aromatic rings. The molecular weight excluding hydrogens is 428 g/mol. The fourth-order valence-electron chi connectivity index (χ4n) is 3.40. The maximum atomic E-state index is 12.9. The molecule has 1 aliphatic rings. The summed E-state index contributed by atoms with van der Waals surface area (Å²) >= 11 is 1.27. The van der Waals surface area contributed by atoms with Gasteiger partial charge in [0.2, 0.25) is 11.8 Å². The lowest BCUT2D eigenvalue weighted by Gasteiger charge is -2.26. The second-order valence-electron chi connectivity index (χ2n) is 8.31. The van der Waals surface area contributed by atoms with Crippen molar-refractivity contribution in [2.45, 2.75) is 27.2 Å². The first-order valence-corrected chi connectivity index (χ1v) is 11.7. The molecule has 1 saturated heterocycles. The van der Waals surface area contributed by atoms with E-state index in [1.54, 1.807) is 27.3 Å². The Morgan fingerprint density at radius 2 is 1.88 bits per heavy atom. The van der Waals surface area contributed by atoms with Gasteiger partial charge in [-0.3, -0.25) is 14.4 Å². The first-order valence-electron chi connectivity index (χ1n) is 10.8. The van der Waals surface area contributed by atoms with Gasteiger partial charge in [-0.2, -0.15) is 0 Å². The molecule has 1 N–H and O–H groups in total.